The van der Waals surface area contributed by atoms with Crippen LogP contribution >= 0.6 is 0 Å². The third-order valence-electron chi connectivity index (χ3n) is 5.13. The zero-order chi connectivity index (χ0) is 18.6. The van der Waals surface area contributed by atoms with Crippen LogP contribution in [-0.4, -0.2) is 48.0 Å². The predicted octanol–water partition coefficient (Wildman–Crippen LogP) is 1.51. The molecule has 1 N–H and O–H groups in total. The highest BCUT2D eigenvalue weighted by atomic mass is 28.4. The molecule has 1 saturated heterocycles. The summed E-state index contributed by atoms with van der Waals surface area (Å²) in [4.78, 5) is 0. The summed E-state index contributed by atoms with van der Waals surface area (Å²) in [6.45, 7) is 9.30. The van der Waals surface area contributed by atoms with Gasteiger partial charge in [-0.3, -0.25) is 0 Å². The second-order valence-corrected chi connectivity index (χ2v) is 12.5. The molecule has 0 spiro atoms. The smallest absolute Gasteiger partial charge is 0.261 e. The fourth-order valence-electron chi connectivity index (χ4n) is 3.95. The third-order valence-corrected chi connectivity index (χ3v) is 10.1. The van der Waals surface area contributed by atoms with Crippen molar-refractivity contribution in [3.63, 3.8) is 0 Å². The van der Waals surface area contributed by atoms with Gasteiger partial charge in [0.05, 0.1) is 12.7 Å². The number of hydrogen-bond donors (Lipinski definition) is 1. The van der Waals surface area contributed by atoms with Crippen molar-refractivity contribution in [3.05, 3.63) is 60.7 Å². The van der Waals surface area contributed by atoms with Crippen LogP contribution in [-0.2, 0) is 9.16 Å². The predicted molar refractivity (Wildman–Crippen MR) is 114 cm³/mol. The number of hydrogen-bond acceptors (Lipinski definition) is 3. The average molecular weight is 367 g/mol. The highest BCUT2D eigenvalue weighted by Crippen LogP contribution is 2.36. The molecule has 138 valence electrons. The van der Waals surface area contributed by atoms with Crippen LogP contribution in [0.2, 0.25) is 5.04 Å². The molecule has 2 atom stereocenters. The molecule has 26 heavy (non-hydrogen) atoms. The Morgan fingerprint density at radius 2 is 1.54 bits per heavy atom. The molecule has 1 aliphatic rings. The Bertz CT molecular complexity index is 651. The zero-order valence-corrected chi connectivity index (χ0v) is 17.4. The Kier molecular flexibility index (Phi) is 6.03. The monoisotopic (exact) mass is 367 g/mol. The van der Waals surface area contributed by atoms with E-state index in [1.54, 1.807) is 0 Å². The molecular weight excluding hydrogens is 337 g/mol. The van der Waals surface area contributed by atoms with Crippen molar-refractivity contribution >= 4 is 26.5 Å². The summed E-state index contributed by atoms with van der Waals surface area (Å²) in [5, 5.41) is 6.08. The van der Waals surface area contributed by atoms with Crippen LogP contribution < -0.4 is 15.7 Å². The van der Waals surface area contributed by atoms with Crippen LogP contribution in [0.5, 0.6) is 0 Å². The minimum atomic E-state index is -2.46. The number of ether oxygens (including phenoxy) is 1. The van der Waals surface area contributed by atoms with Gasteiger partial charge in [-0.05, 0) is 15.4 Å². The summed E-state index contributed by atoms with van der Waals surface area (Å²) in [5.41, 5.74) is 0. The molecule has 2 aromatic carbocycles. The van der Waals surface area contributed by atoms with Crippen molar-refractivity contribution in [2.24, 2.45) is 0 Å². The summed E-state index contributed by atoms with van der Waals surface area (Å²) in [6, 6.07) is 21.8. The minimum absolute atomic E-state index is 0.00339. The lowest BCUT2D eigenvalue weighted by atomic mass is 9.98. The summed E-state index contributed by atoms with van der Waals surface area (Å²) >= 11 is 0. The zero-order valence-electron chi connectivity index (χ0n) is 16.4. The van der Waals surface area contributed by atoms with Gasteiger partial charge in [0.15, 0.2) is 0 Å². The fraction of sp³-hybridized carbons (Fsp3) is 0.429. The molecule has 0 radical (unpaired) electrons. The van der Waals surface area contributed by atoms with E-state index < -0.39 is 8.32 Å². The van der Waals surface area contributed by atoms with E-state index in [1.165, 1.54) is 10.4 Å². The van der Waals surface area contributed by atoms with Gasteiger partial charge in [0, 0.05) is 19.1 Å². The second kappa shape index (κ2) is 8.09. The van der Waals surface area contributed by atoms with E-state index >= 15 is 0 Å². The fourth-order valence-corrected chi connectivity index (χ4v) is 8.54. The second-order valence-electron chi connectivity index (χ2n) is 8.20. The van der Waals surface area contributed by atoms with Gasteiger partial charge in [0.2, 0.25) is 0 Å². The molecule has 0 saturated carbocycles. The average Bonchev–Trinajstić information content (AvgIpc) is 2.63. The van der Waals surface area contributed by atoms with Crippen molar-refractivity contribution in [2.45, 2.75) is 37.9 Å². The molecule has 5 heteroatoms. The molecule has 3 rings (SSSR count). The van der Waals surface area contributed by atoms with Crippen molar-refractivity contribution in [1.29, 1.82) is 0 Å². The summed E-state index contributed by atoms with van der Waals surface area (Å²) in [6.07, 6.45) is 0.0976. The standard InChI is InChI=1S/C21H30BNO2Si/c1-21(2,3)26(18-10-6-4-7-11-18,19-12-8-5-9-13-19)24-16-17-14-23-15-20(22)25-17/h4-13,17,20,23H,14-16,22H2,1-3H3. The molecule has 2 unspecified atom stereocenters. The highest BCUT2D eigenvalue weighted by Gasteiger charge is 2.50. The molecule has 0 aliphatic carbocycles. The molecule has 0 amide bonds. The lowest BCUT2D eigenvalue weighted by molar-refractivity contribution is -0.0220. The van der Waals surface area contributed by atoms with Gasteiger partial charge in [-0.2, -0.15) is 0 Å². The van der Waals surface area contributed by atoms with Gasteiger partial charge in [0.1, 0.15) is 7.85 Å². The van der Waals surface area contributed by atoms with Crippen LogP contribution in [0.15, 0.2) is 60.7 Å². The van der Waals surface area contributed by atoms with Crippen molar-refractivity contribution in [2.75, 3.05) is 19.7 Å². The SMILES string of the molecule is BC1CNCC(CO[Si](c2ccccc2)(c2ccccc2)C(C)(C)C)O1. The molecule has 1 fully saturated rings. The Morgan fingerprint density at radius 3 is 2.00 bits per heavy atom. The quantitative estimate of drug-likeness (QED) is 0.813. The van der Waals surface area contributed by atoms with Gasteiger partial charge in [0.25, 0.3) is 8.32 Å². The minimum Gasteiger partial charge on any atom is -0.405 e. The maximum atomic E-state index is 6.93. The van der Waals surface area contributed by atoms with Gasteiger partial charge < -0.3 is 14.5 Å². The van der Waals surface area contributed by atoms with E-state index in [-0.39, 0.29) is 17.1 Å². The molecule has 1 aliphatic heterocycles. The number of benzene rings is 2. The number of rotatable bonds is 5. The first kappa shape index (κ1) is 19.4. The number of nitrogens with one attached hydrogen (secondary N) is 1. The van der Waals surface area contributed by atoms with E-state index in [4.69, 9.17) is 9.16 Å². The lowest BCUT2D eigenvalue weighted by Gasteiger charge is -2.44. The van der Waals surface area contributed by atoms with Crippen LogP contribution in [0.25, 0.3) is 0 Å². The van der Waals surface area contributed by atoms with Crippen molar-refractivity contribution < 1.29 is 9.16 Å². The van der Waals surface area contributed by atoms with Gasteiger partial charge in [-0.25, -0.2) is 0 Å². The van der Waals surface area contributed by atoms with E-state index in [0.29, 0.717) is 6.61 Å². The molecule has 3 nitrogen and oxygen atoms in total. The van der Waals surface area contributed by atoms with Gasteiger partial charge >= 0.3 is 0 Å². The number of morpholine rings is 1. The van der Waals surface area contributed by atoms with E-state index in [0.717, 1.165) is 13.1 Å². The van der Waals surface area contributed by atoms with E-state index in [1.807, 2.05) is 0 Å². The first-order valence-electron chi connectivity index (χ1n) is 9.54. The lowest BCUT2D eigenvalue weighted by Crippen LogP contribution is -2.67. The maximum absolute atomic E-state index is 6.93. The summed E-state index contributed by atoms with van der Waals surface area (Å²) in [7, 11) is -0.350. The topological polar surface area (TPSA) is 30.5 Å². The largest absolute Gasteiger partial charge is 0.405 e. The van der Waals surface area contributed by atoms with Crippen LogP contribution in [0.1, 0.15) is 20.8 Å². The first-order chi connectivity index (χ1) is 12.4. The normalized spacial score (nSPS) is 21.5. The van der Waals surface area contributed by atoms with Gasteiger partial charge in [-0.15, -0.1) is 0 Å². The first-order valence-corrected chi connectivity index (χ1v) is 11.5. The third kappa shape index (κ3) is 3.96. The van der Waals surface area contributed by atoms with Crippen molar-refractivity contribution in [1.82, 2.24) is 5.32 Å². The Labute approximate surface area is 159 Å². The van der Waals surface area contributed by atoms with Crippen LogP contribution in [0.4, 0.5) is 0 Å². The molecular formula is C21H30BNO2Si. The molecule has 1 heterocycles. The Hall–Kier alpha value is -1.40. The summed E-state index contributed by atoms with van der Waals surface area (Å²) < 4.78 is 13.0. The molecule has 2 aromatic rings. The van der Waals surface area contributed by atoms with Crippen LogP contribution in [0, 0.1) is 0 Å². The summed E-state index contributed by atoms with van der Waals surface area (Å²) in [5.74, 6) is 0. The van der Waals surface area contributed by atoms with Gasteiger partial charge in [-0.1, -0.05) is 81.4 Å². The van der Waals surface area contributed by atoms with Crippen molar-refractivity contribution in [3.8, 4) is 0 Å². The van der Waals surface area contributed by atoms with E-state index in [2.05, 4.69) is 94.6 Å². The Morgan fingerprint density at radius 1 is 1.00 bits per heavy atom. The molecule has 0 aromatic heterocycles. The molecule has 0 bridgehead atoms. The maximum Gasteiger partial charge on any atom is 0.261 e. The highest BCUT2D eigenvalue weighted by molar-refractivity contribution is 6.99. The van der Waals surface area contributed by atoms with Crippen LogP contribution in [0.3, 0.4) is 0 Å². The Balaban J connectivity index is 2.00. The van der Waals surface area contributed by atoms with E-state index in [9.17, 15) is 0 Å².